The number of esters is 1. The lowest BCUT2D eigenvalue weighted by Gasteiger charge is -2.33. The molecule has 1 atom stereocenters. The van der Waals surface area contributed by atoms with E-state index in [2.05, 4.69) is 17.0 Å². The van der Waals surface area contributed by atoms with Gasteiger partial charge >= 0.3 is 5.97 Å². The Bertz CT molecular complexity index is 1030. The van der Waals surface area contributed by atoms with E-state index in [1.54, 1.807) is 28.6 Å². The molecule has 1 N–H and O–H groups in total. The lowest BCUT2D eigenvalue weighted by Crippen LogP contribution is -2.41. The second-order valence-corrected chi connectivity index (χ2v) is 7.37. The number of benzene rings is 1. The molecular weight excluding hydrogens is 384 g/mol. The molecule has 30 heavy (non-hydrogen) atoms. The van der Waals surface area contributed by atoms with Crippen LogP contribution in [0.1, 0.15) is 46.6 Å². The molecule has 8 heteroatoms. The average Bonchev–Trinajstić information content (AvgIpc) is 3.11. The minimum Gasteiger partial charge on any atom is -0.461 e. The molecule has 0 fully saturated rings. The quantitative estimate of drug-likeness (QED) is 0.605. The minimum absolute atomic E-state index is 0.111. The van der Waals surface area contributed by atoms with E-state index in [9.17, 15) is 14.4 Å². The summed E-state index contributed by atoms with van der Waals surface area (Å²) in [5.41, 5.74) is 3.37. The van der Waals surface area contributed by atoms with Crippen molar-refractivity contribution in [2.75, 3.05) is 18.5 Å². The topological polar surface area (TPSA) is 93.5 Å². The van der Waals surface area contributed by atoms with Crippen LogP contribution in [0.15, 0.2) is 36.9 Å². The number of hydrogen-bond donors (Lipinski definition) is 1. The first-order valence-electron chi connectivity index (χ1n) is 10.1. The number of ether oxygens (including phenoxy) is 1. The molecule has 0 spiro atoms. The third-order valence-corrected chi connectivity index (χ3v) is 5.51. The van der Waals surface area contributed by atoms with E-state index in [0.29, 0.717) is 30.8 Å². The molecule has 1 aromatic heterocycles. The summed E-state index contributed by atoms with van der Waals surface area (Å²) in [5.74, 6) is -1.32. The van der Waals surface area contributed by atoms with Crippen molar-refractivity contribution < 1.29 is 19.1 Å². The van der Waals surface area contributed by atoms with Gasteiger partial charge in [0.25, 0.3) is 0 Å². The number of hydrogen-bond acceptors (Lipinski definition) is 5. The van der Waals surface area contributed by atoms with Gasteiger partial charge in [-0.05, 0) is 18.6 Å². The van der Waals surface area contributed by atoms with Crippen LogP contribution in [-0.2, 0) is 33.8 Å². The van der Waals surface area contributed by atoms with E-state index in [4.69, 9.17) is 4.74 Å². The van der Waals surface area contributed by atoms with Crippen LogP contribution in [-0.4, -0.2) is 45.6 Å². The Morgan fingerprint density at radius 3 is 2.93 bits per heavy atom. The van der Waals surface area contributed by atoms with Gasteiger partial charge in [0.05, 0.1) is 19.1 Å². The summed E-state index contributed by atoms with van der Waals surface area (Å²) >= 11 is 0. The van der Waals surface area contributed by atoms with Gasteiger partial charge in [-0.25, -0.2) is 4.79 Å². The van der Waals surface area contributed by atoms with Gasteiger partial charge in [0.15, 0.2) is 5.69 Å². The summed E-state index contributed by atoms with van der Waals surface area (Å²) in [6.07, 6.45) is 2.40. The zero-order valence-electron chi connectivity index (χ0n) is 16.9. The smallest absolute Gasteiger partial charge is 0.359 e. The number of aromatic nitrogens is 2. The molecule has 8 nitrogen and oxygen atoms in total. The molecule has 0 bridgehead atoms. The van der Waals surface area contributed by atoms with Crippen LogP contribution in [0, 0.1) is 0 Å². The zero-order valence-corrected chi connectivity index (χ0v) is 16.9. The average molecular weight is 408 g/mol. The molecular formula is C22H24N4O4. The number of rotatable bonds is 5. The predicted octanol–water partition coefficient (Wildman–Crippen LogP) is 2.26. The summed E-state index contributed by atoms with van der Waals surface area (Å²) in [7, 11) is 0. The first-order valence-corrected chi connectivity index (χ1v) is 10.1. The zero-order chi connectivity index (χ0) is 21.3. The summed E-state index contributed by atoms with van der Waals surface area (Å²) in [4.78, 5) is 39.7. The van der Waals surface area contributed by atoms with Crippen LogP contribution in [0.3, 0.4) is 0 Å². The Labute approximate surface area is 174 Å². The number of allylic oxidation sites excluding steroid dienone is 1. The normalized spacial score (nSPS) is 17.6. The van der Waals surface area contributed by atoms with E-state index >= 15 is 0 Å². The van der Waals surface area contributed by atoms with Gasteiger partial charge in [0.1, 0.15) is 0 Å². The summed E-state index contributed by atoms with van der Waals surface area (Å²) in [6, 6.07) is 7.37. The molecule has 4 rings (SSSR count). The standard InChI is InChI=1S/C22H24N4O4/c1-3-10-26-18-9-11-25(13-16(18)20(24-26)22(29)30-4-2)21(28)15-12-19(27)23-17-8-6-5-7-14(15)17/h3,5-8,15H,1,4,9-13H2,2H3,(H,23,27)/t15-/m0/s1. The van der Waals surface area contributed by atoms with Crippen LogP contribution < -0.4 is 5.32 Å². The maximum atomic E-state index is 13.4. The number of carbonyl (C=O) groups excluding carboxylic acids is 3. The summed E-state index contributed by atoms with van der Waals surface area (Å²) in [5, 5.41) is 7.25. The minimum atomic E-state index is -0.536. The Kier molecular flexibility index (Phi) is 5.39. The fraction of sp³-hybridized carbons (Fsp3) is 0.364. The first kappa shape index (κ1) is 19.9. The molecule has 0 saturated carbocycles. The third kappa shape index (κ3) is 3.49. The van der Waals surface area contributed by atoms with Gasteiger partial charge in [-0.1, -0.05) is 24.3 Å². The molecule has 1 aromatic carbocycles. The van der Waals surface area contributed by atoms with Crippen molar-refractivity contribution in [3.05, 3.63) is 59.4 Å². The molecule has 2 aromatic rings. The number of nitrogens with one attached hydrogen (secondary N) is 1. The fourth-order valence-corrected chi connectivity index (χ4v) is 4.17. The van der Waals surface area contributed by atoms with Gasteiger partial charge in [-0.15, -0.1) is 6.58 Å². The molecule has 0 aliphatic carbocycles. The van der Waals surface area contributed by atoms with Gasteiger partial charge in [0.2, 0.25) is 11.8 Å². The summed E-state index contributed by atoms with van der Waals surface area (Å²) in [6.45, 7) is 6.98. The second-order valence-electron chi connectivity index (χ2n) is 7.37. The number of carbonyl (C=O) groups is 3. The Morgan fingerprint density at radius 2 is 2.17 bits per heavy atom. The highest BCUT2D eigenvalue weighted by Crippen LogP contribution is 2.35. The van der Waals surface area contributed by atoms with E-state index in [0.717, 1.165) is 11.3 Å². The van der Waals surface area contributed by atoms with Gasteiger partial charge < -0.3 is 15.0 Å². The molecule has 0 unspecified atom stereocenters. The Balaban J connectivity index is 1.64. The number of fused-ring (bicyclic) bond motifs is 2. The number of amides is 2. The third-order valence-electron chi connectivity index (χ3n) is 5.51. The largest absolute Gasteiger partial charge is 0.461 e. The highest BCUT2D eigenvalue weighted by atomic mass is 16.5. The SMILES string of the molecule is C=CCn1nc(C(=O)OCC)c2c1CCN(C(=O)[C@H]1CC(=O)Nc3ccccc31)C2. The van der Waals surface area contributed by atoms with E-state index < -0.39 is 11.9 Å². The number of para-hydroxylation sites is 1. The van der Waals surface area contributed by atoms with Crippen molar-refractivity contribution in [3.63, 3.8) is 0 Å². The van der Waals surface area contributed by atoms with E-state index in [1.165, 1.54) is 0 Å². The number of nitrogens with zero attached hydrogens (tertiary/aromatic N) is 3. The molecule has 0 saturated heterocycles. The van der Waals surface area contributed by atoms with Crippen molar-refractivity contribution in [3.8, 4) is 0 Å². The fourth-order valence-electron chi connectivity index (χ4n) is 4.17. The van der Waals surface area contributed by atoms with Crippen LogP contribution >= 0.6 is 0 Å². The highest BCUT2D eigenvalue weighted by Gasteiger charge is 2.36. The number of anilines is 1. The van der Waals surface area contributed by atoms with Crippen molar-refractivity contribution >= 4 is 23.5 Å². The van der Waals surface area contributed by atoms with E-state index in [-0.39, 0.29) is 37.1 Å². The lowest BCUT2D eigenvalue weighted by molar-refractivity contribution is -0.135. The molecule has 3 heterocycles. The molecule has 2 aliphatic rings. The maximum Gasteiger partial charge on any atom is 0.359 e. The first-order chi connectivity index (χ1) is 14.5. The molecule has 0 radical (unpaired) electrons. The molecule has 156 valence electrons. The monoisotopic (exact) mass is 408 g/mol. The summed E-state index contributed by atoms with van der Waals surface area (Å²) < 4.78 is 6.91. The van der Waals surface area contributed by atoms with Crippen molar-refractivity contribution in [1.29, 1.82) is 0 Å². The van der Waals surface area contributed by atoms with Crippen LogP contribution in [0.25, 0.3) is 0 Å². The lowest BCUT2D eigenvalue weighted by atomic mass is 9.88. The Morgan fingerprint density at radius 1 is 1.37 bits per heavy atom. The molecule has 2 aliphatic heterocycles. The second kappa shape index (κ2) is 8.14. The van der Waals surface area contributed by atoms with Gasteiger partial charge in [-0.2, -0.15) is 5.10 Å². The molecule has 2 amide bonds. The van der Waals surface area contributed by atoms with Crippen LogP contribution in [0.2, 0.25) is 0 Å². The van der Waals surface area contributed by atoms with Gasteiger partial charge in [0, 0.05) is 42.9 Å². The van der Waals surface area contributed by atoms with Crippen molar-refractivity contribution in [1.82, 2.24) is 14.7 Å². The maximum absolute atomic E-state index is 13.4. The van der Waals surface area contributed by atoms with Gasteiger partial charge in [-0.3, -0.25) is 14.3 Å². The predicted molar refractivity (Wildman–Crippen MR) is 110 cm³/mol. The van der Waals surface area contributed by atoms with Crippen LogP contribution in [0.4, 0.5) is 5.69 Å². The van der Waals surface area contributed by atoms with Crippen molar-refractivity contribution in [2.45, 2.75) is 38.8 Å². The highest BCUT2D eigenvalue weighted by molar-refractivity contribution is 6.01. The van der Waals surface area contributed by atoms with Crippen LogP contribution in [0.5, 0.6) is 0 Å². The van der Waals surface area contributed by atoms with Crippen molar-refractivity contribution in [2.24, 2.45) is 0 Å². The Hall–Kier alpha value is -3.42. The van der Waals surface area contributed by atoms with E-state index in [1.807, 2.05) is 18.2 Å².